The molecule has 3 N–H and O–H groups in total. The summed E-state index contributed by atoms with van der Waals surface area (Å²) in [6, 6.07) is 6.57. The lowest BCUT2D eigenvalue weighted by Crippen LogP contribution is -2.06. The van der Waals surface area contributed by atoms with E-state index in [9.17, 15) is 4.79 Å². The van der Waals surface area contributed by atoms with Gasteiger partial charge in [0.2, 0.25) is 0 Å². The fourth-order valence-corrected chi connectivity index (χ4v) is 0.945. The molecule has 1 aromatic rings. The Bertz CT molecular complexity index is 290. The molecule has 0 saturated carbocycles. The SMILES string of the molecule is Cl.NOCc1ccccc1C(=O)O. The summed E-state index contributed by atoms with van der Waals surface area (Å²) >= 11 is 0. The Labute approximate surface area is 81.7 Å². The van der Waals surface area contributed by atoms with Crippen LogP contribution in [-0.4, -0.2) is 11.1 Å². The molecule has 4 nitrogen and oxygen atoms in total. The molecule has 0 unspecified atom stereocenters. The van der Waals surface area contributed by atoms with Gasteiger partial charge < -0.3 is 5.11 Å². The van der Waals surface area contributed by atoms with E-state index in [1.165, 1.54) is 6.07 Å². The first-order valence-electron chi connectivity index (χ1n) is 3.38. The van der Waals surface area contributed by atoms with Crippen LogP contribution in [0, 0.1) is 0 Å². The van der Waals surface area contributed by atoms with E-state index in [4.69, 9.17) is 11.0 Å². The van der Waals surface area contributed by atoms with E-state index in [1.54, 1.807) is 18.2 Å². The number of benzene rings is 1. The van der Waals surface area contributed by atoms with Crippen molar-refractivity contribution in [2.45, 2.75) is 6.61 Å². The maximum atomic E-state index is 10.6. The minimum Gasteiger partial charge on any atom is -0.478 e. The van der Waals surface area contributed by atoms with Crippen molar-refractivity contribution in [3.8, 4) is 0 Å². The molecule has 1 aromatic carbocycles. The van der Waals surface area contributed by atoms with Crippen LogP contribution in [0.3, 0.4) is 0 Å². The summed E-state index contributed by atoms with van der Waals surface area (Å²) in [6.07, 6.45) is 0. The van der Waals surface area contributed by atoms with Gasteiger partial charge in [0.15, 0.2) is 0 Å². The smallest absolute Gasteiger partial charge is 0.336 e. The minimum absolute atomic E-state index is 0. The molecule has 0 heterocycles. The van der Waals surface area contributed by atoms with Crippen LogP contribution in [0.5, 0.6) is 0 Å². The highest BCUT2D eigenvalue weighted by atomic mass is 35.5. The first-order valence-corrected chi connectivity index (χ1v) is 3.38. The van der Waals surface area contributed by atoms with Gasteiger partial charge in [-0.05, 0) is 11.6 Å². The molecule has 1 rings (SSSR count). The van der Waals surface area contributed by atoms with Crippen LogP contribution in [0.15, 0.2) is 24.3 Å². The molecule has 0 fully saturated rings. The van der Waals surface area contributed by atoms with Gasteiger partial charge in [0.05, 0.1) is 12.2 Å². The van der Waals surface area contributed by atoms with Gasteiger partial charge in [-0.15, -0.1) is 12.4 Å². The third-order valence-electron chi connectivity index (χ3n) is 1.49. The van der Waals surface area contributed by atoms with Crippen molar-refractivity contribution in [1.29, 1.82) is 0 Å². The number of halogens is 1. The third-order valence-corrected chi connectivity index (χ3v) is 1.49. The molecule has 13 heavy (non-hydrogen) atoms. The Morgan fingerprint density at radius 1 is 1.46 bits per heavy atom. The van der Waals surface area contributed by atoms with Crippen LogP contribution in [0.4, 0.5) is 0 Å². The van der Waals surface area contributed by atoms with Gasteiger partial charge in [-0.3, -0.25) is 4.84 Å². The second-order valence-electron chi connectivity index (χ2n) is 2.27. The highest BCUT2D eigenvalue weighted by Gasteiger charge is 2.07. The molecule has 0 atom stereocenters. The lowest BCUT2D eigenvalue weighted by Gasteiger charge is -2.02. The van der Waals surface area contributed by atoms with Crippen molar-refractivity contribution in [2.24, 2.45) is 5.90 Å². The maximum absolute atomic E-state index is 10.6. The zero-order chi connectivity index (χ0) is 8.97. The summed E-state index contributed by atoms with van der Waals surface area (Å²) in [5.74, 6) is 3.87. The summed E-state index contributed by atoms with van der Waals surface area (Å²) in [5.41, 5.74) is 0.801. The summed E-state index contributed by atoms with van der Waals surface area (Å²) < 4.78 is 0. The second-order valence-corrected chi connectivity index (χ2v) is 2.27. The monoisotopic (exact) mass is 203 g/mol. The normalized spacial score (nSPS) is 9.00. The summed E-state index contributed by atoms with van der Waals surface area (Å²) in [6.45, 7) is 0.114. The van der Waals surface area contributed by atoms with Gasteiger partial charge in [-0.2, -0.15) is 0 Å². The average molecular weight is 204 g/mol. The molecule has 0 aliphatic heterocycles. The van der Waals surface area contributed by atoms with Gasteiger partial charge in [-0.1, -0.05) is 18.2 Å². The lowest BCUT2D eigenvalue weighted by molar-refractivity contribution is 0.0687. The standard InChI is InChI=1S/C8H9NO3.ClH/c9-12-5-6-3-1-2-4-7(6)8(10)11;/h1-4H,5,9H2,(H,10,11);1H. The van der Waals surface area contributed by atoms with E-state index in [0.29, 0.717) is 5.56 Å². The first-order chi connectivity index (χ1) is 5.75. The van der Waals surface area contributed by atoms with E-state index in [2.05, 4.69) is 4.84 Å². The summed E-state index contributed by atoms with van der Waals surface area (Å²) in [7, 11) is 0. The molecule has 0 bridgehead atoms. The minimum atomic E-state index is -0.970. The number of carboxylic acid groups (broad SMARTS) is 1. The number of hydrogen-bond donors (Lipinski definition) is 2. The molecule has 72 valence electrons. The molecule has 5 heteroatoms. The molecule has 0 aromatic heterocycles. The molecule has 0 spiro atoms. The van der Waals surface area contributed by atoms with E-state index >= 15 is 0 Å². The largest absolute Gasteiger partial charge is 0.478 e. The Morgan fingerprint density at radius 3 is 2.62 bits per heavy atom. The van der Waals surface area contributed by atoms with Crippen molar-refractivity contribution < 1.29 is 14.7 Å². The van der Waals surface area contributed by atoms with Crippen LogP contribution < -0.4 is 5.90 Å². The lowest BCUT2D eigenvalue weighted by atomic mass is 10.1. The van der Waals surface area contributed by atoms with Crippen molar-refractivity contribution >= 4 is 18.4 Å². The molecule has 0 saturated heterocycles. The Balaban J connectivity index is 0.00000144. The van der Waals surface area contributed by atoms with Crippen molar-refractivity contribution in [2.75, 3.05) is 0 Å². The fraction of sp³-hybridized carbons (Fsp3) is 0.125. The molecular weight excluding hydrogens is 194 g/mol. The zero-order valence-corrected chi connectivity index (χ0v) is 7.58. The third kappa shape index (κ3) is 3.02. The number of nitrogens with two attached hydrogens (primary N) is 1. The second kappa shape index (κ2) is 5.53. The summed E-state index contributed by atoms with van der Waals surface area (Å²) in [5, 5.41) is 8.70. The number of rotatable bonds is 3. The van der Waals surface area contributed by atoms with Gasteiger partial charge in [0.25, 0.3) is 0 Å². The fourth-order valence-electron chi connectivity index (χ4n) is 0.945. The first kappa shape index (κ1) is 11.9. The van der Waals surface area contributed by atoms with Crippen molar-refractivity contribution in [1.82, 2.24) is 0 Å². The molecule has 0 aliphatic carbocycles. The molecule has 0 radical (unpaired) electrons. The van der Waals surface area contributed by atoms with Crippen LogP contribution in [0.25, 0.3) is 0 Å². The zero-order valence-electron chi connectivity index (χ0n) is 6.77. The average Bonchev–Trinajstić information content (AvgIpc) is 2.05. The number of aromatic carboxylic acids is 1. The molecular formula is C8H10ClNO3. The number of carbonyl (C=O) groups is 1. The van der Waals surface area contributed by atoms with E-state index < -0.39 is 5.97 Å². The van der Waals surface area contributed by atoms with Crippen LogP contribution in [0.2, 0.25) is 0 Å². The van der Waals surface area contributed by atoms with Gasteiger partial charge in [0.1, 0.15) is 0 Å². The molecule has 0 aliphatic rings. The van der Waals surface area contributed by atoms with E-state index in [0.717, 1.165) is 0 Å². The predicted octanol–water partition coefficient (Wildman–Crippen LogP) is 1.20. The van der Waals surface area contributed by atoms with Crippen LogP contribution in [-0.2, 0) is 11.4 Å². The maximum Gasteiger partial charge on any atom is 0.336 e. The Morgan fingerprint density at radius 2 is 2.08 bits per heavy atom. The van der Waals surface area contributed by atoms with Gasteiger partial charge >= 0.3 is 5.97 Å². The highest BCUT2D eigenvalue weighted by molar-refractivity contribution is 5.89. The van der Waals surface area contributed by atoms with E-state index in [-0.39, 0.29) is 24.6 Å². The number of carboxylic acids is 1. The number of hydrogen-bond acceptors (Lipinski definition) is 3. The summed E-state index contributed by atoms with van der Waals surface area (Å²) in [4.78, 5) is 15.0. The van der Waals surface area contributed by atoms with Gasteiger partial charge in [0, 0.05) is 0 Å². The topological polar surface area (TPSA) is 72.5 Å². The van der Waals surface area contributed by atoms with Gasteiger partial charge in [-0.25, -0.2) is 10.7 Å². The van der Waals surface area contributed by atoms with E-state index in [1.807, 2.05) is 0 Å². The quantitative estimate of drug-likeness (QED) is 0.724. The van der Waals surface area contributed by atoms with Crippen molar-refractivity contribution in [3.05, 3.63) is 35.4 Å². The van der Waals surface area contributed by atoms with Crippen LogP contribution >= 0.6 is 12.4 Å². The highest BCUT2D eigenvalue weighted by Crippen LogP contribution is 2.08. The predicted molar refractivity (Wildman–Crippen MR) is 49.6 cm³/mol. The van der Waals surface area contributed by atoms with Crippen LogP contribution in [0.1, 0.15) is 15.9 Å². The Hall–Kier alpha value is -1.10. The Kier molecular flexibility index (Phi) is 5.06. The molecule has 0 amide bonds. The van der Waals surface area contributed by atoms with Crippen molar-refractivity contribution in [3.63, 3.8) is 0 Å².